The fraction of sp³-hybridized carbons (Fsp3) is 0.375. The van der Waals surface area contributed by atoms with Gasteiger partial charge in [0.2, 0.25) is 0 Å². The van der Waals surface area contributed by atoms with Crippen LogP contribution in [0, 0.1) is 5.92 Å². The Bertz CT molecular complexity index is 612. The SMILES string of the molecule is O=C(/C=C/c1ccccc1)C1[C@@H](O)C(O)[C@H](O)CC1(O)C(=O)O. The van der Waals surface area contributed by atoms with Gasteiger partial charge in [-0.1, -0.05) is 36.4 Å². The topological polar surface area (TPSA) is 135 Å². The fourth-order valence-electron chi connectivity index (χ4n) is 2.74. The number of aliphatic carboxylic acids is 1. The van der Waals surface area contributed by atoms with E-state index in [9.17, 15) is 35.1 Å². The zero-order chi connectivity index (χ0) is 17.2. The predicted octanol–water partition coefficient (Wildman–Crippen LogP) is -0.813. The molecule has 1 saturated carbocycles. The van der Waals surface area contributed by atoms with E-state index in [-0.39, 0.29) is 0 Å². The third-order valence-electron chi connectivity index (χ3n) is 4.04. The highest BCUT2D eigenvalue weighted by Crippen LogP contribution is 2.36. The molecule has 3 unspecified atom stereocenters. The molecule has 2 rings (SSSR count). The van der Waals surface area contributed by atoms with Crippen LogP contribution in [0.5, 0.6) is 0 Å². The highest BCUT2D eigenvalue weighted by Gasteiger charge is 2.58. The van der Waals surface area contributed by atoms with Crippen molar-refractivity contribution in [3.8, 4) is 0 Å². The molecule has 124 valence electrons. The molecule has 1 aromatic carbocycles. The lowest BCUT2D eigenvalue weighted by Crippen LogP contribution is -2.64. The lowest BCUT2D eigenvalue weighted by atomic mass is 9.69. The van der Waals surface area contributed by atoms with Gasteiger partial charge in [0, 0.05) is 6.42 Å². The van der Waals surface area contributed by atoms with Gasteiger partial charge in [-0.25, -0.2) is 4.79 Å². The summed E-state index contributed by atoms with van der Waals surface area (Å²) in [6.45, 7) is 0. The van der Waals surface area contributed by atoms with Gasteiger partial charge in [0.15, 0.2) is 11.4 Å². The number of carboxylic acids is 1. The largest absolute Gasteiger partial charge is 0.479 e. The third-order valence-corrected chi connectivity index (χ3v) is 4.04. The minimum absolute atomic E-state index is 0.672. The third kappa shape index (κ3) is 3.32. The first-order valence-electron chi connectivity index (χ1n) is 7.04. The summed E-state index contributed by atoms with van der Waals surface area (Å²) in [7, 11) is 0. The Hall–Kier alpha value is -2.06. The number of hydrogen-bond donors (Lipinski definition) is 5. The predicted molar refractivity (Wildman–Crippen MR) is 79.2 cm³/mol. The van der Waals surface area contributed by atoms with Crippen molar-refractivity contribution in [3.05, 3.63) is 42.0 Å². The zero-order valence-corrected chi connectivity index (χ0v) is 12.1. The smallest absolute Gasteiger partial charge is 0.336 e. The van der Waals surface area contributed by atoms with Crippen molar-refractivity contribution < 1.29 is 35.1 Å². The fourth-order valence-corrected chi connectivity index (χ4v) is 2.74. The number of aliphatic hydroxyl groups is 4. The highest BCUT2D eigenvalue weighted by molar-refractivity contribution is 6.00. The number of allylic oxidation sites excluding steroid dienone is 1. The summed E-state index contributed by atoms with van der Waals surface area (Å²) in [5, 5.41) is 48.7. The molecular formula is C16H18O7. The molecule has 5 N–H and O–H groups in total. The van der Waals surface area contributed by atoms with E-state index < -0.39 is 48.0 Å². The molecule has 1 aliphatic carbocycles. The Morgan fingerprint density at radius 3 is 2.26 bits per heavy atom. The van der Waals surface area contributed by atoms with Crippen molar-refractivity contribution in [3.63, 3.8) is 0 Å². The van der Waals surface area contributed by atoms with E-state index >= 15 is 0 Å². The molecule has 7 heteroatoms. The zero-order valence-electron chi connectivity index (χ0n) is 12.1. The summed E-state index contributed by atoms with van der Waals surface area (Å²) >= 11 is 0. The van der Waals surface area contributed by atoms with Gasteiger partial charge in [-0.3, -0.25) is 4.79 Å². The van der Waals surface area contributed by atoms with Gasteiger partial charge < -0.3 is 25.5 Å². The van der Waals surface area contributed by atoms with Crippen LogP contribution in [0.4, 0.5) is 0 Å². The van der Waals surface area contributed by atoms with E-state index in [4.69, 9.17) is 0 Å². The lowest BCUT2D eigenvalue weighted by molar-refractivity contribution is -0.207. The van der Waals surface area contributed by atoms with Crippen LogP contribution in [0.15, 0.2) is 36.4 Å². The highest BCUT2D eigenvalue weighted by atomic mass is 16.4. The Morgan fingerprint density at radius 2 is 1.70 bits per heavy atom. The molecule has 0 radical (unpaired) electrons. The number of carbonyl (C=O) groups excluding carboxylic acids is 1. The van der Waals surface area contributed by atoms with E-state index in [1.807, 2.05) is 0 Å². The number of hydrogen-bond acceptors (Lipinski definition) is 6. The summed E-state index contributed by atoms with van der Waals surface area (Å²) in [6, 6.07) is 8.69. The molecule has 0 saturated heterocycles. The molecule has 0 bridgehead atoms. The molecule has 5 atom stereocenters. The van der Waals surface area contributed by atoms with E-state index in [1.165, 1.54) is 6.08 Å². The van der Waals surface area contributed by atoms with Crippen LogP contribution >= 0.6 is 0 Å². The first-order valence-corrected chi connectivity index (χ1v) is 7.04. The molecule has 0 amide bonds. The number of ketones is 1. The first-order chi connectivity index (χ1) is 10.8. The van der Waals surface area contributed by atoms with Gasteiger partial charge in [0.25, 0.3) is 0 Å². The summed E-state index contributed by atoms with van der Waals surface area (Å²) in [5.74, 6) is -4.37. The molecule has 0 spiro atoms. The molecule has 0 heterocycles. The maximum Gasteiger partial charge on any atom is 0.336 e. The van der Waals surface area contributed by atoms with Gasteiger partial charge in [-0.15, -0.1) is 0 Å². The molecule has 7 nitrogen and oxygen atoms in total. The van der Waals surface area contributed by atoms with Crippen LogP contribution in [-0.2, 0) is 9.59 Å². The summed E-state index contributed by atoms with van der Waals surface area (Å²) in [6.07, 6.45) is -3.55. The number of carbonyl (C=O) groups is 2. The van der Waals surface area contributed by atoms with Crippen molar-refractivity contribution in [2.24, 2.45) is 5.92 Å². The van der Waals surface area contributed by atoms with E-state index in [0.717, 1.165) is 6.08 Å². The van der Waals surface area contributed by atoms with Crippen molar-refractivity contribution in [2.45, 2.75) is 30.3 Å². The second-order valence-corrected chi connectivity index (χ2v) is 5.61. The van der Waals surface area contributed by atoms with Crippen LogP contribution in [0.25, 0.3) is 6.08 Å². The number of rotatable bonds is 4. The molecule has 1 fully saturated rings. The minimum Gasteiger partial charge on any atom is -0.479 e. The quantitative estimate of drug-likeness (QED) is 0.457. The Kier molecular flexibility index (Phi) is 4.96. The Labute approximate surface area is 132 Å². The number of benzene rings is 1. The van der Waals surface area contributed by atoms with Gasteiger partial charge in [-0.2, -0.15) is 0 Å². The minimum atomic E-state index is -2.66. The monoisotopic (exact) mass is 322 g/mol. The standard InChI is InChI=1S/C16H18O7/c17-10(7-6-9-4-2-1-3-5-9)12-14(20)13(19)11(18)8-16(12,23)15(21)22/h1-7,11-14,18-20,23H,8H2,(H,21,22)/b7-6+/t11-,12?,13?,14-,16?/m1/s1. The van der Waals surface area contributed by atoms with Crippen molar-refractivity contribution >= 4 is 17.8 Å². The van der Waals surface area contributed by atoms with Crippen LogP contribution in [0.3, 0.4) is 0 Å². The lowest BCUT2D eigenvalue weighted by Gasteiger charge is -2.43. The Morgan fingerprint density at radius 1 is 1.09 bits per heavy atom. The normalized spacial score (nSPS) is 34.4. The first kappa shape index (κ1) is 17.3. The van der Waals surface area contributed by atoms with Gasteiger partial charge in [-0.05, 0) is 11.6 Å². The number of carboxylic acid groups (broad SMARTS) is 1. The summed E-state index contributed by atoms with van der Waals surface area (Å²) in [5.41, 5.74) is -1.98. The summed E-state index contributed by atoms with van der Waals surface area (Å²) < 4.78 is 0. The van der Waals surface area contributed by atoms with E-state index in [2.05, 4.69) is 0 Å². The maximum atomic E-state index is 12.3. The average Bonchev–Trinajstić information content (AvgIpc) is 2.51. The molecule has 1 aromatic rings. The van der Waals surface area contributed by atoms with E-state index in [1.54, 1.807) is 30.3 Å². The van der Waals surface area contributed by atoms with Crippen LogP contribution in [0.2, 0.25) is 0 Å². The van der Waals surface area contributed by atoms with Crippen LogP contribution in [-0.4, -0.2) is 61.2 Å². The average molecular weight is 322 g/mol. The van der Waals surface area contributed by atoms with Gasteiger partial charge in [0.05, 0.1) is 18.1 Å². The second kappa shape index (κ2) is 6.59. The Balaban J connectivity index is 2.30. The van der Waals surface area contributed by atoms with Crippen molar-refractivity contribution in [2.75, 3.05) is 0 Å². The molecule has 23 heavy (non-hydrogen) atoms. The van der Waals surface area contributed by atoms with Crippen LogP contribution < -0.4 is 0 Å². The number of aliphatic hydroxyl groups excluding tert-OH is 3. The van der Waals surface area contributed by atoms with E-state index in [0.29, 0.717) is 5.56 Å². The van der Waals surface area contributed by atoms with Gasteiger partial charge in [0.1, 0.15) is 6.10 Å². The van der Waals surface area contributed by atoms with Crippen molar-refractivity contribution in [1.29, 1.82) is 0 Å². The molecule has 1 aliphatic rings. The molecule has 0 aliphatic heterocycles. The van der Waals surface area contributed by atoms with Gasteiger partial charge >= 0.3 is 5.97 Å². The molecular weight excluding hydrogens is 304 g/mol. The van der Waals surface area contributed by atoms with Crippen molar-refractivity contribution in [1.82, 2.24) is 0 Å². The maximum absolute atomic E-state index is 12.3. The second-order valence-electron chi connectivity index (χ2n) is 5.61. The molecule has 0 aromatic heterocycles. The van der Waals surface area contributed by atoms with Crippen LogP contribution in [0.1, 0.15) is 12.0 Å². The summed E-state index contributed by atoms with van der Waals surface area (Å²) in [4.78, 5) is 23.6.